The van der Waals surface area contributed by atoms with Crippen molar-refractivity contribution in [3.05, 3.63) is 70.0 Å². The standard InChI is InChI=1S/C23H24N2O2S/c1-15-8-10-16(11-9-15)21-24-22(28)19-14-27-23(2,3)13-20(19)25(21)17-6-5-7-18(12-17)26-4/h5-12H,13-14H2,1-4H3. The number of ether oxygens (including phenoxy) is 2. The molecule has 0 aliphatic carbocycles. The monoisotopic (exact) mass is 392 g/mol. The zero-order chi connectivity index (χ0) is 19.9. The van der Waals surface area contributed by atoms with Gasteiger partial charge in [-0.05, 0) is 32.9 Å². The molecule has 2 heterocycles. The molecule has 0 saturated heterocycles. The molecule has 1 aromatic heterocycles. The van der Waals surface area contributed by atoms with Crippen molar-refractivity contribution in [3.8, 4) is 22.8 Å². The summed E-state index contributed by atoms with van der Waals surface area (Å²) in [5, 5.41) is 0. The van der Waals surface area contributed by atoms with Crippen LogP contribution in [0.25, 0.3) is 17.1 Å². The van der Waals surface area contributed by atoms with E-state index in [2.05, 4.69) is 55.7 Å². The Morgan fingerprint density at radius 3 is 2.61 bits per heavy atom. The van der Waals surface area contributed by atoms with Gasteiger partial charge in [0.1, 0.15) is 16.2 Å². The van der Waals surface area contributed by atoms with Crippen LogP contribution in [0, 0.1) is 11.6 Å². The third kappa shape index (κ3) is 3.48. The molecule has 0 fully saturated rings. The van der Waals surface area contributed by atoms with Crippen LogP contribution in [-0.4, -0.2) is 22.3 Å². The minimum Gasteiger partial charge on any atom is -0.497 e. The number of benzene rings is 2. The van der Waals surface area contributed by atoms with Crippen molar-refractivity contribution in [2.45, 2.75) is 39.4 Å². The molecular weight excluding hydrogens is 368 g/mol. The van der Waals surface area contributed by atoms with Crippen molar-refractivity contribution in [2.24, 2.45) is 0 Å². The molecule has 1 aliphatic rings. The summed E-state index contributed by atoms with van der Waals surface area (Å²) in [6.07, 6.45) is 0.755. The first-order chi connectivity index (χ1) is 13.4. The lowest BCUT2D eigenvalue weighted by Crippen LogP contribution is -2.34. The van der Waals surface area contributed by atoms with E-state index in [1.165, 1.54) is 5.56 Å². The van der Waals surface area contributed by atoms with Gasteiger partial charge in [-0.15, -0.1) is 0 Å². The minimum atomic E-state index is -0.263. The fourth-order valence-electron chi connectivity index (χ4n) is 3.58. The molecule has 144 valence electrons. The second kappa shape index (κ2) is 7.15. The van der Waals surface area contributed by atoms with Crippen molar-refractivity contribution in [1.82, 2.24) is 9.55 Å². The van der Waals surface area contributed by atoms with E-state index in [9.17, 15) is 0 Å². The number of rotatable bonds is 3. The molecule has 5 heteroatoms. The Bertz CT molecular complexity index is 1080. The number of aromatic nitrogens is 2. The van der Waals surface area contributed by atoms with Crippen molar-refractivity contribution in [3.63, 3.8) is 0 Å². The van der Waals surface area contributed by atoms with Gasteiger partial charge in [-0.25, -0.2) is 4.98 Å². The van der Waals surface area contributed by atoms with Crippen molar-refractivity contribution < 1.29 is 9.47 Å². The van der Waals surface area contributed by atoms with E-state index in [-0.39, 0.29) is 5.60 Å². The van der Waals surface area contributed by atoms with Crippen LogP contribution in [0.3, 0.4) is 0 Å². The smallest absolute Gasteiger partial charge is 0.146 e. The molecule has 0 amide bonds. The predicted molar refractivity (Wildman–Crippen MR) is 114 cm³/mol. The lowest BCUT2D eigenvalue weighted by molar-refractivity contribution is -0.0422. The van der Waals surface area contributed by atoms with Gasteiger partial charge in [0, 0.05) is 29.3 Å². The largest absolute Gasteiger partial charge is 0.497 e. The molecule has 0 N–H and O–H groups in total. The lowest BCUT2D eigenvalue weighted by atomic mass is 9.95. The zero-order valence-corrected chi connectivity index (χ0v) is 17.5. The summed E-state index contributed by atoms with van der Waals surface area (Å²) in [6, 6.07) is 16.5. The van der Waals surface area contributed by atoms with Gasteiger partial charge in [0.2, 0.25) is 0 Å². The summed E-state index contributed by atoms with van der Waals surface area (Å²) in [5.74, 6) is 1.65. The van der Waals surface area contributed by atoms with Gasteiger partial charge in [-0.3, -0.25) is 4.57 Å². The molecule has 0 saturated carbocycles. The highest BCUT2D eigenvalue weighted by molar-refractivity contribution is 7.71. The molecule has 0 spiro atoms. The van der Waals surface area contributed by atoms with E-state index in [1.54, 1.807) is 7.11 Å². The van der Waals surface area contributed by atoms with E-state index >= 15 is 0 Å². The molecule has 28 heavy (non-hydrogen) atoms. The SMILES string of the molecule is COc1cccc(-n2c(-c3ccc(C)cc3)nc(=S)c3c2CC(C)(C)OC3)c1. The summed E-state index contributed by atoms with van der Waals surface area (Å²) in [7, 11) is 1.68. The summed E-state index contributed by atoms with van der Waals surface area (Å²) in [4.78, 5) is 4.82. The number of aryl methyl sites for hydroxylation is 1. The first kappa shape index (κ1) is 18.8. The first-order valence-corrected chi connectivity index (χ1v) is 9.79. The molecule has 3 aromatic rings. The van der Waals surface area contributed by atoms with Crippen LogP contribution in [0.15, 0.2) is 48.5 Å². The maximum atomic E-state index is 6.02. The lowest BCUT2D eigenvalue weighted by Gasteiger charge is -2.34. The number of fused-ring (bicyclic) bond motifs is 1. The quantitative estimate of drug-likeness (QED) is 0.556. The van der Waals surface area contributed by atoms with Gasteiger partial charge < -0.3 is 9.47 Å². The van der Waals surface area contributed by atoms with Gasteiger partial charge in [-0.2, -0.15) is 0 Å². The van der Waals surface area contributed by atoms with E-state index < -0.39 is 0 Å². The van der Waals surface area contributed by atoms with E-state index in [0.29, 0.717) is 11.2 Å². The first-order valence-electron chi connectivity index (χ1n) is 9.38. The molecule has 0 radical (unpaired) electrons. The molecule has 1 aliphatic heterocycles. The average Bonchev–Trinajstić information content (AvgIpc) is 2.67. The second-order valence-corrected chi connectivity index (χ2v) is 8.18. The average molecular weight is 393 g/mol. The second-order valence-electron chi connectivity index (χ2n) is 7.79. The predicted octanol–water partition coefficient (Wildman–Crippen LogP) is 5.44. The molecule has 0 bridgehead atoms. The highest BCUT2D eigenvalue weighted by atomic mass is 32.1. The van der Waals surface area contributed by atoms with Gasteiger partial charge in [0.15, 0.2) is 0 Å². The summed E-state index contributed by atoms with van der Waals surface area (Å²) < 4.78 is 14.3. The Hall–Kier alpha value is -2.50. The fraction of sp³-hybridized carbons (Fsp3) is 0.304. The van der Waals surface area contributed by atoms with Gasteiger partial charge in [0.05, 0.1) is 25.0 Å². The Kier molecular flexibility index (Phi) is 4.81. The van der Waals surface area contributed by atoms with E-state index in [1.807, 2.05) is 18.2 Å². The summed E-state index contributed by atoms with van der Waals surface area (Å²) in [6.45, 7) is 6.78. The highest BCUT2D eigenvalue weighted by Gasteiger charge is 2.30. The topological polar surface area (TPSA) is 36.3 Å². The normalized spacial score (nSPS) is 15.1. The third-order valence-corrected chi connectivity index (χ3v) is 5.46. The summed E-state index contributed by atoms with van der Waals surface area (Å²) in [5.41, 5.74) is 5.13. The Morgan fingerprint density at radius 1 is 1.14 bits per heavy atom. The molecular formula is C23H24N2O2S. The van der Waals surface area contributed by atoms with Crippen LogP contribution in [0.5, 0.6) is 5.75 Å². The van der Waals surface area contributed by atoms with Crippen molar-refractivity contribution in [2.75, 3.05) is 7.11 Å². The Labute approximate surface area is 170 Å². The number of hydrogen-bond acceptors (Lipinski definition) is 4. The molecule has 4 nitrogen and oxygen atoms in total. The van der Waals surface area contributed by atoms with Crippen LogP contribution >= 0.6 is 12.2 Å². The highest BCUT2D eigenvalue weighted by Crippen LogP contribution is 2.34. The maximum Gasteiger partial charge on any atom is 0.146 e. The Morgan fingerprint density at radius 2 is 1.89 bits per heavy atom. The zero-order valence-electron chi connectivity index (χ0n) is 16.7. The molecule has 2 aromatic carbocycles. The van der Waals surface area contributed by atoms with Crippen LogP contribution in [0.4, 0.5) is 0 Å². The number of nitrogens with zero attached hydrogens (tertiary/aromatic N) is 2. The van der Waals surface area contributed by atoms with Crippen molar-refractivity contribution >= 4 is 12.2 Å². The van der Waals surface area contributed by atoms with Crippen molar-refractivity contribution in [1.29, 1.82) is 0 Å². The van der Waals surface area contributed by atoms with Crippen LogP contribution in [0.2, 0.25) is 0 Å². The van der Waals surface area contributed by atoms with E-state index in [4.69, 9.17) is 26.7 Å². The molecule has 0 atom stereocenters. The number of methoxy groups -OCH3 is 1. The van der Waals surface area contributed by atoms with Gasteiger partial charge >= 0.3 is 0 Å². The summed E-state index contributed by atoms with van der Waals surface area (Å²) >= 11 is 5.66. The van der Waals surface area contributed by atoms with Crippen LogP contribution in [-0.2, 0) is 17.8 Å². The van der Waals surface area contributed by atoms with Crippen LogP contribution in [0.1, 0.15) is 30.7 Å². The van der Waals surface area contributed by atoms with Gasteiger partial charge in [0.25, 0.3) is 0 Å². The third-order valence-electron chi connectivity index (χ3n) is 5.12. The van der Waals surface area contributed by atoms with Gasteiger partial charge in [-0.1, -0.05) is 48.1 Å². The van der Waals surface area contributed by atoms with Crippen LogP contribution < -0.4 is 4.74 Å². The number of hydrogen-bond donors (Lipinski definition) is 0. The minimum absolute atomic E-state index is 0.263. The molecule has 0 unspecified atom stereocenters. The molecule has 4 rings (SSSR count). The Balaban J connectivity index is 2.04. The maximum absolute atomic E-state index is 6.02. The van der Waals surface area contributed by atoms with E-state index in [0.717, 1.165) is 40.5 Å². The fourth-order valence-corrected chi connectivity index (χ4v) is 3.84.